The number of amides is 1. The first-order chi connectivity index (χ1) is 5.11. The molecule has 0 aliphatic rings. The number of rotatable bonds is 1. The van der Waals surface area contributed by atoms with Crippen molar-refractivity contribution in [3.63, 3.8) is 0 Å². The van der Waals surface area contributed by atoms with Gasteiger partial charge in [-0.15, -0.1) is 11.3 Å². The molecule has 4 heteroatoms. The molecule has 0 saturated carbocycles. The molecular weight excluding hydrogens is 165 g/mol. The molecule has 0 aliphatic heterocycles. The standard InChI is InChI=1S/C7H8FNOS/c1-9(2)7(10)6-3-5(8)4-11-6/h3-4H,1-2H3. The molecule has 0 N–H and O–H groups in total. The Morgan fingerprint density at radius 2 is 2.27 bits per heavy atom. The molecule has 0 fully saturated rings. The van der Waals surface area contributed by atoms with E-state index in [2.05, 4.69) is 0 Å². The van der Waals surface area contributed by atoms with Gasteiger partial charge in [0.2, 0.25) is 0 Å². The zero-order valence-corrected chi connectivity index (χ0v) is 7.11. The van der Waals surface area contributed by atoms with Crippen LogP contribution in [0.15, 0.2) is 11.4 Å². The Balaban J connectivity index is 2.85. The van der Waals surface area contributed by atoms with Crippen molar-refractivity contribution in [1.82, 2.24) is 4.90 Å². The summed E-state index contributed by atoms with van der Waals surface area (Å²) < 4.78 is 12.4. The highest BCUT2D eigenvalue weighted by molar-refractivity contribution is 7.12. The average molecular weight is 173 g/mol. The van der Waals surface area contributed by atoms with E-state index in [1.165, 1.54) is 16.3 Å². The van der Waals surface area contributed by atoms with E-state index in [1.807, 2.05) is 0 Å². The minimum atomic E-state index is -0.347. The average Bonchev–Trinajstić information content (AvgIpc) is 2.34. The van der Waals surface area contributed by atoms with E-state index in [9.17, 15) is 9.18 Å². The van der Waals surface area contributed by atoms with Crippen molar-refractivity contribution in [2.75, 3.05) is 14.1 Å². The van der Waals surface area contributed by atoms with Gasteiger partial charge in [0.25, 0.3) is 5.91 Å². The third-order valence-corrected chi connectivity index (χ3v) is 2.07. The number of hydrogen-bond acceptors (Lipinski definition) is 2. The third kappa shape index (κ3) is 1.77. The summed E-state index contributed by atoms with van der Waals surface area (Å²) in [6, 6.07) is 1.24. The molecule has 11 heavy (non-hydrogen) atoms. The Bertz CT molecular complexity index is 269. The highest BCUT2D eigenvalue weighted by Gasteiger charge is 2.09. The molecule has 0 bridgehead atoms. The fraction of sp³-hybridized carbons (Fsp3) is 0.286. The maximum absolute atomic E-state index is 12.4. The van der Waals surface area contributed by atoms with E-state index in [4.69, 9.17) is 0 Å². The second kappa shape index (κ2) is 3.00. The van der Waals surface area contributed by atoms with E-state index in [1.54, 1.807) is 14.1 Å². The van der Waals surface area contributed by atoms with Crippen LogP contribution in [0.2, 0.25) is 0 Å². The Hall–Kier alpha value is -0.900. The SMILES string of the molecule is CN(C)C(=O)c1cc(F)cs1. The summed E-state index contributed by atoms with van der Waals surface area (Å²) in [4.78, 5) is 13.0. The van der Waals surface area contributed by atoms with Gasteiger partial charge in [-0.2, -0.15) is 0 Å². The smallest absolute Gasteiger partial charge is 0.263 e. The summed E-state index contributed by atoms with van der Waals surface area (Å²) >= 11 is 1.12. The van der Waals surface area contributed by atoms with E-state index in [-0.39, 0.29) is 11.7 Å². The minimum absolute atomic E-state index is 0.154. The molecule has 0 aromatic carbocycles. The summed E-state index contributed by atoms with van der Waals surface area (Å²) in [5.74, 6) is -0.501. The first-order valence-electron chi connectivity index (χ1n) is 3.07. The van der Waals surface area contributed by atoms with Crippen molar-refractivity contribution in [3.05, 3.63) is 22.1 Å². The zero-order chi connectivity index (χ0) is 8.43. The molecular formula is C7H8FNOS. The van der Waals surface area contributed by atoms with Crippen molar-refractivity contribution in [2.45, 2.75) is 0 Å². The first kappa shape index (κ1) is 8.20. The van der Waals surface area contributed by atoms with Crippen LogP contribution in [0.3, 0.4) is 0 Å². The third-order valence-electron chi connectivity index (χ3n) is 1.18. The van der Waals surface area contributed by atoms with Crippen molar-refractivity contribution >= 4 is 17.2 Å². The lowest BCUT2D eigenvalue weighted by molar-refractivity contribution is 0.0832. The molecule has 1 rings (SSSR count). The lowest BCUT2D eigenvalue weighted by atomic mass is 10.4. The van der Waals surface area contributed by atoms with Gasteiger partial charge in [-0.3, -0.25) is 4.79 Å². The number of nitrogens with zero attached hydrogens (tertiary/aromatic N) is 1. The van der Waals surface area contributed by atoms with Crippen molar-refractivity contribution in [3.8, 4) is 0 Å². The van der Waals surface area contributed by atoms with Crippen LogP contribution < -0.4 is 0 Å². The van der Waals surface area contributed by atoms with Gasteiger partial charge in [-0.25, -0.2) is 4.39 Å². The van der Waals surface area contributed by atoms with Crippen LogP contribution in [0.5, 0.6) is 0 Å². The van der Waals surface area contributed by atoms with Crippen molar-refractivity contribution in [1.29, 1.82) is 0 Å². The largest absolute Gasteiger partial charge is 0.344 e. The summed E-state index contributed by atoms with van der Waals surface area (Å²) in [7, 11) is 3.28. The summed E-state index contributed by atoms with van der Waals surface area (Å²) in [5, 5.41) is 1.32. The van der Waals surface area contributed by atoms with Crippen LogP contribution in [0, 0.1) is 5.82 Å². The lowest BCUT2D eigenvalue weighted by Gasteiger charge is -2.06. The molecule has 0 spiro atoms. The molecule has 1 aromatic heterocycles. The van der Waals surface area contributed by atoms with Gasteiger partial charge in [0.15, 0.2) is 0 Å². The normalized spacial score (nSPS) is 9.73. The van der Waals surface area contributed by atoms with Crippen LogP contribution in [-0.2, 0) is 0 Å². The molecule has 0 saturated heterocycles. The fourth-order valence-corrected chi connectivity index (χ4v) is 1.42. The summed E-state index contributed by atoms with van der Waals surface area (Å²) in [6.07, 6.45) is 0. The van der Waals surface area contributed by atoms with E-state index >= 15 is 0 Å². The van der Waals surface area contributed by atoms with Crippen LogP contribution in [-0.4, -0.2) is 24.9 Å². The van der Waals surface area contributed by atoms with Gasteiger partial charge in [0, 0.05) is 19.5 Å². The first-order valence-corrected chi connectivity index (χ1v) is 3.95. The maximum atomic E-state index is 12.4. The van der Waals surface area contributed by atoms with Gasteiger partial charge in [0.05, 0.1) is 4.88 Å². The molecule has 0 radical (unpaired) electrons. The number of halogens is 1. The van der Waals surface area contributed by atoms with Gasteiger partial charge in [-0.1, -0.05) is 0 Å². The molecule has 0 aliphatic carbocycles. The van der Waals surface area contributed by atoms with Crippen LogP contribution in [0.4, 0.5) is 4.39 Å². The van der Waals surface area contributed by atoms with Crippen molar-refractivity contribution in [2.24, 2.45) is 0 Å². The minimum Gasteiger partial charge on any atom is -0.344 e. The van der Waals surface area contributed by atoms with E-state index < -0.39 is 0 Å². The van der Waals surface area contributed by atoms with Gasteiger partial charge in [-0.05, 0) is 6.07 Å². The zero-order valence-electron chi connectivity index (χ0n) is 6.30. The number of carbonyl (C=O) groups excluding carboxylic acids is 1. The maximum Gasteiger partial charge on any atom is 0.263 e. The predicted octanol–water partition coefficient (Wildman–Crippen LogP) is 1.59. The molecule has 1 amide bonds. The Labute approximate surface area is 68.3 Å². The Morgan fingerprint density at radius 1 is 1.64 bits per heavy atom. The molecule has 2 nitrogen and oxygen atoms in total. The van der Waals surface area contributed by atoms with Gasteiger partial charge in [0.1, 0.15) is 5.82 Å². The highest BCUT2D eigenvalue weighted by Crippen LogP contribution is 2.13. The fourth-order valence-electron chi connectivity index (χ4n) is 0.646. The Kier molecular flexibility index (Phi) is 2.24. The monoisotopic (exact) mass is 173 g/mol. The van der Waals surface area contributed by atoms with Gasteiger partial charge < -0.3 is 4.90 Å². The molecule has 0 atom stereocenters. The summed E-state index contributed by atoms with van der Waals surface area (Å²) in [5.41, 5.74) is 0. The lowest BCUT2D eigenvalue weighted by Crippen LogP contribution is -2.20. The quantitative estimate of drug-likeness (QED) is 0.631. The molecule has 0 unspecified atom stereocenters. The van der Waals surface area contributed by atoms with E-state index in [0.29, 0.717) is 4.88 Å². The summed E-state index contributed by atoms with van der Waals surface area (Å²) in [6.45, 7) is 0. The predicted molar refractivity (Wildman–Crippen MR) is 42.3 cm³/mol. The number of hydrogen-bond donors (Lipinski definition) is 0. The molecule has 1 aromatic rings. The highest BCUT2D eigenvalue weighted by atomic mass is 32.1. The topological polar surface area (TPSA) is 20.3 Å². The Morgan fingerprint density at radius 3 is 2.64 bits per heavy atom. The van der Waals surface area contributed by atoms with Crippen LogP contribution in [0.1, 0.15) is 9.67 Å². The van der Waals surface area contributed by atoms with E-state index in [0.717, 1.165) is 11.3 Å². The molecule has 1 heterocycles. The number of carbonyl (C=O) groups is 1. The van der Waals surface area contributed by atoms with Crippen LogP contribution >= 0.6 is 11.3 Å². The van der Waals surface area contributed by atoms with Crippen molar-refractivity contribution < 1.29 is 9.18 Å². The second-order valence-electron chi connectivity index (χ2n) is 2.33. The van der Waals surface area contributed by atoms with Crippen LogP contribution in [0.25, 0.3) is 0 Å². The molecule has 60 valence electrons. The number of thiophene rings is 1. The van der Waals surface area contributed by atoms with Gasteiger partial charge >= 0.3 is 0 Å². The second-order valence-corrected chi connectivity index (χ2v) is 3.24.